The molecule has 0 saturated carbocycles. The van der Waals surface area contributed by atoms with E-state index in [9.17, 15) is 23.1 Å². The van der Waals surface area contributed by atoms with Gasteiger partial charge in [0.15, 0.2) is 12.3 Å². The maximum atomic E-state index is 12.4. The van der Waals surface area contributed by atoms with Crippen molar-refractivity contribution in [3.05, 3.63) is 41.7 Å². The van der Waals surface area contributed by atoms with Crippen LogP contribution in [0.4, 0.5) is 13.2 Å². The van der Waals surface area contributed by atoms with Crippen LogP contribution in [0.5, 0.6) is 5.88 Å². The first-order valence-corrected chi connectivity index (χ1v) is 7.35. The number of hydrogen-bond acceptors (Lipinski definition) is 6. The first-order chi connectivity index (χ1) is 11.8. The summed E-state index contributed by atoms with van der Waals surface area (Å²) in [5.74, 6) is -0.321. The zero-order valence-corrected chi connectivity index (χ0v) is 13.0. The fourth-order valence-electron chi connectivity index (χ4n) is 2.25. The first-order valence-electron chi connectivity index (χ1n) is 7.35. The smallest absolute Gasteiger partial charge is 0.417 e. The van der Waals surface area contributed by atoms with Crippen LogP contribution < -0.4 is 4.74 Å². The van der Waals surface area contributed by atoms with Crippen LogP contribution >= 0.6 is 0 Å². The highest BCUT2D eigenvalue weighted by Gasteiger charge is 2.38. The molecule has 1 aliphatic rings. The standard InChI is InChI=1S/C15H14F3N3O4/c1-8-11(22)5-21(8)14(23)10-6-24-13(20-10)7-25-12-3-2-9(4-19-12)15(16,17)18/h2-4,6,8,11,22H,5,7H2,1H3/t8-,11-/m0/s1. The first kappa shape index (κ1) is 17.2. The van der Waals surface area contributed by atoms with Crippen LogP contribution in [0, 0.1) is 0 Å². The number of hydrogen-bond donors (Lipinski definition) is 1. The molecule has 0 radical (unpaired) electrons. The molecule has 3 heterocycles. The van der Waals surface area contributed by atoms with Gasteiger partial charge in [-0.05, 0) is 13.0 Å². The predicted octanol–water partition coefficient (Wildman–Crippen LogP) is 1.87. The summed E-state index contributed by atoms with van der Waals surface area (Å²) >= 11 is 0. The Labute approximate surface area is 140 Å². The highest BCUT2D eigenvalue weighted by atomic mass is 19.4. The van der Waals surface area contributed by atoms with Crippen molar-refractivity contribution in [3.8, 4) is 5.88 Å². The van der Waals surface area contributed by atoms with E-state index < -0.39 is 17.8 Å². The Morgan fingerprint density at radius 1 is 1.48 bits per heavy atom. The summed E-state index contributed by atoms with van der Waals surface area (Å²) in [4.78, 5) is 21.1. The molecular weight excluding hydrogens is 343 g/mol. The molecule has 2 aromatic heterocycles. The van der Waals surface area contributed by atoms with Crippen LogP contribution in [0.3, 0.4) is 0 Å². The molecule has 2 atom stereocenters. The maximum Gasteiger partial charge on any atom is 0.417 e. The molecule has 134 valence electrons. The van der Waals surface area contributed by atoms with Gasteiger partial charge < -0.3 is 19.2 Å². The Balaban J connectivity index is 1.58. The van der Waals surface area contributed by atoms with Gasteiger partial charge >= 0.3 is 6.18 Å². The van der Waals surface area contributed by atoms with E-state index >= 15 is 0 Å². The molecule has 0 unspecified atom stereocenters. The van der Waals surface area contributed by atoms with E-state index in [0.717, 1.165) is 12.1 Å². The number of aromatic nitrogens is 2. The van der Waals surface area contributed by atoms with E-state index in [2.05, 4.69) is 9.97 Å². The second-order valence-electron chi connectivity index (χ2n) is 5.56. The molecule has 0 bridgehead atoms. The number of carbonyl (C=O) groups excluding carboxylic acids is 1. The molecule has 10 heteroatoms. The topological polar surface area (TPSA) is 88.7 Å². The molecule has 7 nitrogen and oxygen atoms in total. The number of ether oxygens (including phenoxy) is 1. The van der Waals surface area contributed by atoms with Crippen LogP contribution in [0.2, 0.25) is 0 Å². The summed E-state index contributed by atoms with van der Waals surface area (Å²) in [5, 5.41) is 9.43. The predicted molar refractivity (Wildman–Crippen MR) is 76.6 cm³/mol. The summed E-state index contributed by atoms with van der Waals surface area (Å²) in [6.45, 7) is 1.75. The van der Waals surface area contributed by atoms with Gasteiger partial charge in [0.1, 0.15) is 6.26 Å². The van der Waals surface area contributed by atoms with Crippen molar-refractivity contribution in [2.75, 3.05) is 6.54 Å². The number of oxazole rings is 1. The van der Waals surface area contributed by atoms with E-state index in [0.29, 0.717) is 6.20 Å². The monoisotopic (exact) mass is 357 g/mol. The number of alkyl halides is 3. The molecule has 0 spiro atoms. The summed E-state index contributed by atoms with van der Waals surface area (Å²) in [5.41, 5.74) is -0.813. The van der Waals surface area contributed by atoms with Crippen molar-refractivity contribution in [3.63, 3.8) is 0 Å². The Hall–Kier alpha value is -2.62. The third-order valence-electron chi connectivity index (χ3n) is 3.87. The lowest BCUT2D eigenvalue weighted by Crippen LogP contribution is -2.60. The molecular formula is C15H14F3N3O4. The van der Waals surface area contributed by atoms with Gasteiger partial charge in [-0.3, -0.25) is 4.79 Å². The van der Waals surface area contributed by atoms with Crippen molar-refractivity contribution < 1.29 is 32.2 Å². The van der Waals surface area contributed by atoms with Crippen molar-refractivity contribution in [2.24, 2.45) is 0 Å². The fourth-order valence-corrected chi connectivity index (χ4v) is 2.25. The zero-order valence-electron chi connectivity index (χ0n) is 13.0. The van der Waals surface area contributed by atoms with Gasteiger partial charge in [-0.15, -0.1) is 0 Å². The molecule has 0 aliphatic carbocycles. The number of amides is 1. The minimum absolute atomic E-state index is 0.0291. The van der Waals surface area contributed by atoms with Gasteiger partial charge in [-0.2, -0.15) is 13.2 Å². The van der Waals surface area contributed by atoms with Gasteiger partial charge in [-0.25, -0.2) is 9.97 Å². The highest BCUT2D eigenvalue weighted by molar-refractivity contribution is 5.92. The molecule has 2 aromatic rings. The summed E-state index contributed by atoms with van der Waals surface area (Å²) in [6.07, 6.45) is -3.19. The molecule has 1 saturated heterocycles. The second kappa shape index (κ2) is 6.36. The van der Waals surface area contributed by atoms with Crippen LogP contribution in [0.25, 0.3) is 0 Å². The largest absolute Gasteiger partial charge is 0.468 e. The number of aliphatic hydroxyl groups excluding tert-OH is 1. The minimum Gasteiger partial charge on any atom is -0.468 e. The van der Waals surface area contributed by atoms with Gasteiger partial charge in [0.2, 0.25) is 11.8 Å². The third-order valence-corrected chi connectivity index (χ3v) is 3.87. The van der Waals surface area contributed by atoms with Crippen LogP contribution in [-0.4, -0.2) is 44.6 Å². The van der Waals surface area contributed by atoms with Crippen LogP contribution in [0.15, 0.2) is 29.0 Å². The molecule has 1 fully saturated rings. The Morgan fingerprint density at radius 2 is 2.24 bits per heavy atom. The Bertz CT molecular complexity index is 760. The number of rotatable bonds is 4. The third kappa shape index (κ3) is 3.58. The second-order valence-corrected chi connectivity index (χ2v) is 5.56. The molecule has 3 rings (SSSR count). The van der Waals surface area contributed by atoms with Crippen molar-refractivity contribution in [2.45, 2.75) is 31.9 Å². The van der Waals surface area contributed by atoms with E-state index in [1.54, 1.807) is 6.92 Å². The van der Waals surface area contributed by atoms with Gasteiger partial charge in [0, 0.05) is 18.8 Å². The van der Waals surface area contributed by atoms with Gasteiger partial charge in [0.05, 0.1) is 17.7 Å². The maximum absolute atomic E-state index is 12.4. The van der Waals surface area contributed by atoms with Crippen molar-refractivity contribution in [1.29, 1.82) is 0 Å². The van der Waals surface area contributed by atoms with E-state index in [4.69, 9.17) is 9.15 Å². The summed E-state index contributed by atoms with van der Waals surface area (Å²) in [7, 11) is 0. The highest BCUT2D eigenvalue weighted by Crippen LogP contribution is 2.29. The molecule has 1 N–H and O–H groups in total. The quantitative estimate of drug-likeness (QED) is 0.899. The summed E-state index contributed by atoms with van der Waals surface area (Å²) < 4.78 is 47.6. The Kier molecular flexibility index (Phi) is 4.38. The molecule has 0 aromatic carbocycles. The lowest BCUT2D eigenvalue weighted by Gasteiger charge is -2.42. The van der Waals surface area contributed by atoms with Gasteiger partial charge in [-0.1, -0.05) is 0 Å². The number of carbonyl (C=O) groups is 1. The average molecular weight is 357 g/mol. The Morgan fingerprint density at radius 3 is 2.80 bits per heavy atom. The van der Waals surface area contributed by atoms with Gasteiger partial charge in [0.25, 0.3) is 5.91 Å². The molecule has 25 heavy (non-hydrogen) atoms. The lowest BCUT2D eigenvalue weighted by molar-refractivity contribution is -0.137. The van der Waals surface area contributed by atoms with Crippen LogP contribution in [0.1, 0.15) is 28.9 Å². The number of halogens is 3. The normalized spacial score (nSPS) is 20.3. The fraction of sp³-hybridized carbons (Fsp3) is 0.400. The lowest BCUT2D eigenvalue weighted by atomic mass is 10.0. The molecule has 1 aliphatic heterocycles. The van der Waals surface area contributed by atoms with Crippen molar-refractivity contribution in [1.82, 2.24) is 14.9 Å². The van der Waals surface area contributed by atoms with E-state index in [-0.39, 0.29) is 42.6 Å². The number of nitrogens with zero attached hydrogens (tertiary/aromatic N) is 3. The minimum atomic E-state index is -4.47. The van der Waals surface area contributed by atoms with Crippen molar-refractivity contribution >= 4 is 5.91 Å². The molecule has 1 amide bonds. The zero-order chi connectivity index (χ0) is 18.2. The van der Waals surface area contributed by atoms with Crippen LogP contribution in [-0.2, 0) is 12.8 Å². The average Bonchev–Trinajstić information content (AvgIpc) is 3.05. The van der Waals surface area contributed by atoms with E-state index in [1.807, 2.05) is 0 Å². The summed E-state index contributed by atoms with van der Waals surface area (Å²) in [6, 6.07) is 1.64. The number of pyridine rings is 1. The number of likely N-dealkylation sites (tertiary alicyclic amines) is 1. The number of β-amino-alcohol motifs (C(OH)–C–C–N with tert-alkyl or cyclic N) is 1. The number of aliphatic hydroxyl groups is 1. The van der Waals surface area contributed by atoms with E-state index in [1.165, 1.54) is 11.2 Å². The SMILES string of the molecule is C[C@H]1[C@@H](O)CN1C(=O)c1coc(COc2ccc(C(F)(F)F)cn2)n1.